The summed E-state index contributed by atoms with van der Waals surface area (Å²) in [7, 11) is 1.51. The van der Waals surface area contributed by atoms with E-state index in [0.717, 1.165) is 12.8 Å². The van der Waals surface area contributed by atoms with Gasteiger partial charge in [0.2, 0.25) is 0 Å². The van der Waals surface area contributed by atoms with Crippen LogP contribution >= 0.6 is 0 Å². The summed E-state index contributed by atoms with van der Waals surface area (Å²) in [6.07, 6.45) is 1.92. The van der Waals surface area contributed by atoms with E-state index in [4.69, 9.17) is 4.74 Å². The van der Waals surface area contributed by atoms with Gasteiger partial charge in [0, 0.05) is 5.41 Å². The third kappa shape index (κ3) is 0.998. The molecule has 1 fully saturated rings. The smallest absolute Gasteiger partial charge is 0.313 e. The molecule has 17 heavy (non-hydrogen) atoms. The van der Waals surface area contributed by atoms with Gasteiger partial charge in [-0.25, -0.2) is 0 Å². The van der Waals surface area contributed by atoms with Crippen molar-refractivity contribution in [3.8, 4) is 0 Å². The van der Waals surface area contributed by atoms with E-state index in [1.807, 2.05) is 0 Å². The van der Waals surface area contributed by atoms with E-state index in [2.05, 4.69) is 38.1 Å². The van der Waals surface area contributed by atoms with Crippen LogP contribution in [0.2, 0.25) is 0 Å². The first-order valence-corrected chi connectivity index (χ1v) is 6.23. The van der Waals surface area contributed by atoms with Crippen molar-refractivity contribution in [2.45, 2.75) is 32.1 Å². The molecule has 0 unspecified atom stereocenters. The third-order valence-corrected chi connectivity index (χ3v) is 5.17. The molecule has 3 atom stereocenters. The number of hydrogen-bond donors (Lipinski definition) is 0. The van der Waals surface area contributed by atoms with Gasteiger partial charge in [0.15, 0.2) is 0 Å². The van der Waals surface area contributed by atoms with Crippen molar-refractivity contribution in [2.24, 2.45) is 11.3 Å². The molecule has 2 aliphatic carbocycles. The van der Waals surface area contributed by atoms with Crippen LogP contribution < -0.4 is 0 Å². The maximum atomic E-state index is 12.3. The fraction of sp³-hybridized carbons (Fsp3) is 0.533. The second-order valence-electron chi connectivity index (χ2n) is 5.73. The molecule has 0 saturated heterocycles. The number of carbonyl (C=O) groups is 1. The molecule has 1 aromatic rings. The van der Waals surface area contributed by atoms with Crippen molar-refractivity contribution in [2.75, 3.05) is 7.11 Å². The second-order valence-corrected chi connectivity index (χ2v) is 5.73. The summed E-state index contributed by atoms with van der Waals surface area (Å²) in [6, 6.07) is 8.45. The Labute approximate surface area is 102 Å². The van der Waals surface area contributed by atoms with Crippen LogP contribution in [0.1, 0.15) is 31.4 Å². The summed E-state index contributed by atoms with van der Waals surface area (Å²) < 4.78 is 5.09. The summed E-state index contributed by atoms with van der Waals surface area (Å²) in [5, 5.41) is 0. The largest absolute Gasteiger partial charge is 0.469 e. The molecule has 0 spiro atoms. The summed E-state index contributed by atoms with van der Waals surface area (Å²) in [5.74, 6) is 0.377. The maximum Gasteiger partial charge on any atom is 0.313 e. The molecule has 90 valence electrons. The van der Waals surface area contributed by atoms with Crippen LogP contribution in [0.15, 0.2) is 24.3 Å². The first kappa shape index (κ1) is 10.8. The Morgan fingerprint density at radius 1 is 1.41 bits per heavy atom. The molecule has 0 aliphatic heterocycles. The van der Waals surface area contributed by atoms with E-state index in [1.165, 1.54) is 18.2 Å². The zero-order valence-electron chi connectivity index (χ0n) is 10.6. The average molecular weight is 230 g/mol. The summed E-state index contributed by atoms with van der Waals surface area (Å²) >= 11 is 0. The van der Waals surface area contributed by atoms with Gasteiger partial charge >= 0.3 is 5.97 Å². The zero-order valence-corrected chi connectivity index (χ0v) is 10.6. The molecule has 0 amide bonds. The topological polar surface area (TPSA) is 26.3 Å². The first-order valence-electron chi connectivity index (χ1n) is 6.23. The van der Waals surface area contributed by atoms with Crippen LogP contribution in [0.3, 0.4) is 0 Å². The van der Waals surface area contributed by atoms with Crippen molar-refractivity contribution in [1.82, 2.24) is 0 Å². The van der Waals surface area contributed by atoms with Crippen LogP contribution in [0.25, 0.3) is 0 Å². The van der Waals surface area contributed by atoms with E-state index in [-0.39, 0.29) is 16.8 Å². The van der Waals surface area contributed by atoms with Crippen molar-refractivity contribution < 1.29 is 9.53 Å². The van der Waals surface area contributed by atoms with Crippen LogP contribution in [0.4, 0.5) is 0 Å². The van der Waals surface area contributed by atoms with Gasteiger partial charge in [-0.2, -0.15) is 0 Å². The number of rotatable bonds is 1. The van der Waals surface area contributed by atoms with Gasteiger partial charge in [0.25, 0.3) is 0 Å². The molecule has 2 nitrogen and oxygen atoms in total. The Balaban J connectivity index is 2.16. The Bertz CT molecular complexity index is 493. The molecule has 0 heterocycles. The first-order chi connectivity index (χ1) is 8.06. The highest BCUT2D eigenvalue weighted by Crippen LogP contribution is 2.67. The molecular formula is C15H18O2. The molecule has 0 N–H and O–H groups in total. The normalized spacial score (nSPS) is 37.9. The highest BCUT2D eigenvalue weighted by atomic mass is 16.5. The minimum atomic E-state index is -0.314. The van der Waals surface area contributed by atoms with Crippen LogP contribution in [0.5, 0.6) is 0 Å². The number of esters is 1. The molecule has 2 heteroatoms. The van der Waals surface area contributed by atoms with Gasteiger partial charge < -0.3 is 4.74 Å². The Morgan fingerprint density at radius 3 is 2.76 bits per heavy atom. The van der Waals surface area contributed by atoms with Gasteiger partial charge in [0.1, 0.15) is 0 Å². The Hall–Kier alpha value is -1.31. The van der Waals surface area contributed by atoms with Crippen molar-refractivity contribution in [3.05, 3.63) is 35.4 Å². The van der Waals surface area contributed by atoms with Crippen molar-refractivity contribution in [1.29, 1.82) is 0 Å². The van der Waals surface area contributed by atoms with E-state index in [1.54, 1.807) is 0 Å². The highest BCUT2D eigenvalue weighted by Gasteiger charge is 2.70. The molecule has 0 radical (unpaired) electrons. The highest BCUT2D eigenvalue weighted by molar-refractivity contribution is 5.84. The molecular weight excluding hydrogens is 212 g/mol. The van der Waals surface area contributed by atoms with E-state index in [0.29, 0.717) is 5.92 Å². The molecule has 1 saturated carbocycles. The Kier molecular flexibility index (Phi) is 1.99. The lowest BCUT2D eigenvalue weighted by atomic mass is 9.45. The molecule has 0 bridgehead atoms. The van der Waals surface area contributed by atoms with Gasteiger partial charge in [0.05, 0.1) is 12.5 Å². The SMILES string of the molecule is COC(=O)[C@]12Cc3ccccc3[C@@]1(C)C[C@H]2C. The molecule has 2 aliphatic rings. The average Bonchev–Trinajstić information content (AvgIpc) is 2.54. The van der Waals surface area contributed by atoms with Crippen LogP contribution in [-0.4, -0.2) is 13.1 Å². The molecule has 3 rings (SSSR count). The fourth-order valence-corrected chi connectivity index (χ4v) is 4.29. The number of methoxy groups -OCH3 is 1. The number of ether oxygens (including phenoxy) is 1. The molecule has 1 aromatic carbocycles. The monoisotopic (exact) mass is 230 g/mol. The van der Waals surface area contributed by atoms with Gasteiger partial charge in [-0.3, -0.25) is 4.79 Å². The fourth-order valence-electron chi connectivity index (χ4n) is 4.29. The molecule has 0 aromatic heterocycles. The quantitative estimate of drug-likeness (QED) is 0.693. The van der Waals surface area contributed by atoms with Crippen molar-refractivity contribution >= 4 is 5.97 Å². The lowest BCUT2D eigenvalue weighted by molar-refractivity contribution is -0.175. The number of fused-ring (bicyclic) bond motifs is 3. The van der Waals surface area contributed by atoms with Crippen molar-refractivity contribution in [3.63, 3.8) is 0 Å². The minimum absolute atomic E-state index is 0.0178. The summed E-state index contributed by atoms with van der Waals surface area (Å²) in [4.78, 5) is 12.3. The number of benzene rings is 1. The van der Waals surface area contributed by atoms with Crippen LogP contribution in [-0.2, 0) is 21.4 Å². The predicted molar refractivity (Wildman–Crippen MR) is 65.7 cm³/mol. The minimum Gasteiger partial charge on any atom is -0.469 e. The van der Waals surface area contributed by atoms with Crippen LogP contribution in [0, 0.1) is 11.3 Å². The van der Waals surface area contributed by atoms with Gasteiger partial charge in [-0.05, 0) is 29.9 Å². The van der Waals surface area contributed by atoms with E-state index in [9.17, 15) is 4.79 Å². The maximum absolute atomic E-state index is 12.3. The number of hydrogen-bond acceptors (Lipinski definition) is 2. The van der Waals surface area contributed by atoms with E-state index >= 15 is 0 Å². The van der Waals surface area contributed by atoms with E-state index < -0.39 is 0 Å². The third-order valence-electron chi connectivity index (χ3n) is 5.17. The lowest BCUT2D eigenvalue weighted by Gasteiger charge is -2.57. The van der Waals surface area contributed by atoms with Gasteiger partial charge in [-0.1, -0.05) is 38.1 Å². The standard InChI is InChI=1S/C15H18O2/c1-10-8-14(2)12-7-5-4-6-11(12)9-15(10,14)13(16)17-3/h4-7,10H,8-9H2,1-3H3/t10-,14-,15-/m1/s1. The number of carbonyl (C=O) groups excluding carboxylic acids is 1. The zero-order chi connectivity index (χ0) is 12.3. The lowest BCUT2D eigenvalue weighted by Crippen LogP contribution is -2.61. The predicted octanol–water partition coefficient (Wildman–Crippen LogP) is 2.70. The summed E-state index contributed by atoms with van der Waals surface area (Å²) in [5.41, 5.74) is 2.34. The Morgan fingerprint density at radius 2 is 2.12 bits per heavy atom. The summed E-state index contributed by atoms with van der Waals surface area (Å²) in [6.45, 7) is 4.39. The second kappa shape index (κ2) is 3.12. The van der Waals surface area contributed by atoms with Gasteiger partial charge in [-0.15, -0.1) is 0 Å².